The van der Waals surface area contributed by atoms with Crippen molar-refractivity contribution in [2.24, 2.45) is 5.41 Å². The number of hydrogen-bond acceptors (Lipinski definition) is 1. The Morgan fingerprint density at radius 1 is 1.64 bits per heavy atom. The maximum absolute atomic E-state index is 11.0. The van der Waals surface area contributed by atoms with Crippen LogP contribution in [0.5, 0.6) is 0 Å². The summed E-state index contributed by atoms with van der Waals surface area (Å²) in [5.41, 5.74) is 0.289. The van der Waals surface area contributed by atoms with E-state index in [4.69, 9.17) is 0 Å². The molecule has 2 nitrogen and oxygen atoms in total. The lowest BCUT2D eigenvalue weighted by atomic mass is 9.77. The van der Waals surface area contributed by atoms with Crippen LogP contribution in [0.2, 0.25) is 0 Å². The summed E-state index contributed by atoms with van der Waals surface area (Å²) >= 11 is 0. The largest absolute Gasteiger partial charge is 0.356 e. The first kappa shape index (κ1) is 8.57. The van der Waals surface area contributed by atoms with Crippen LogP contribution in [0, 0.1) is 5.41 Å². The van der Waals surface area contributed by atoms with Crippen molar-refractivity contribution in [2.45, 2.75) is 39.5 Å². The second-order valence-electron chi connectivity index (χ2n) is 3.84. The highest BCUT2D eigenvalue weighted by molar-refractivity contribution is 5.77. The van der Waals surface area contributed by atoms with E-state index in [1.165, 1.54) is 12.8 Å². The van der Waals surface area contributed by atoms with Gasteiger partial charge in [-0.1, -0.05) is 20.3 Å². The van der Waals surface area contributed by atoms with Crippen LogP contribution >= 0.6 is 0 Å². The summed E-state index contributed by atoms with van der Waals surface area (Å²) < 4.78 is 0. The fourth-order valence-electron chi connectivity index (χ4n) is 1.86. The number of carbonyl (C=O) groups is 1. The minimum absolute atomic E-state index is 0.229. The molecule has 1 saturated heterocycles. The highest BCUT2D eigenvalue weighted by Crippen LogP contribution is 2.33. The molecule has 0 aromatic rings. The SMILES string of the molecule is CCCC1(C)CCNC(=O)C1. The van der Waals surface area contributed by atoms with Crippen LogP contribution in [0.4, 0.5) is 0 Å². The smallest absolute Gasteiger partial charge is 0.220 e. The van der Waals surface area contributed by atoms with E-state index in [0.717, 1.165) is 19.4 Å². The molecule has 1 N–H and O–H groups in total. The predicted octanol–water partition coefficient (Wildman–Crippen LogP) is 1.70. The maximum atomic E-state index is 11.0. The van der Waals surface area contributed by atoms with Gasteiger partial charge in [0.15, 0.2) is 0 Å². The summed E-state index contributed by atoms with van der Waals surface area (Å²) in [5, 5.41) is 2.86. The Hall–Kier alpha value is -0.530. The number of amides is 1. The van der Waals surface area contributed by atoms with Crippen molar-refractivity contribution < 1.29 is 4.79 Å². The van der Waals surface area contributed by atoms with Crippen molar-refractivity contribution in [3.05, 3.63) is 0 Å². The number of piperidine rings is 1. The Labute approximate surface area is 68.4 Å². The van der Waals surface area contributed by atoms with Crippen molar-refractivity contribution in [3.63, 3.8) is 0 Å². The molecule has 0 spiro atoms. The Kier molecular flexibility index (Phi) is 2.53. The standard InChI is InChI=1S/C9H17NO/c1-3-4-9(2)5-6-10-8(11)7-9/h3-7H2,1-2H3,(H,10,11). The second kappa shape index (κ2) is 3.24. The fraction of sp³-hybridized carbons (Fsp3) is 0.889. The normalized spacial score (nSPS) is 31.6. The van der Waals surface area contributed by atoms with Crippen LogP contribution in [-0.2, 0) is 4.79 Å². The van der Waals surface area contributed by atoms with E-state index < -0.39 is 0 Å². The Balaban J connectivity index is 2.48. The van der Waals surface area contributed by atoms with E-state index in [0.29, 0.717) is 0 Å². The lowest BCUT2D eigenvalue weighted by molar-refractivity contribution is -0.125. The zero-order valence-corrected chi connectivity index (χ0v) is 7.44. The molecule has 1 rings (SSSR count). The van der Waals surface area contributed by atoms with Crippen molar-refractivity contribution in [3.8, 4) is 0 Å². The van der Waals surface area contributed by atoms with Gasteiger partial charge < -0.3 is 5.32 Å². The van der Waals surface area contributed by atoms with Crippen LogP contribution in [0.3, 0.4) is 0 Å². The minimum Gasteiger partial charge on any atom is -0.356 e. The first-order chi connectivity index (χ1) is 5.16. The third-order valence-electron chi connectivity index (χ3n) is 2.49. The predicted molar refractivity (Wildman–Crippen MR) is 45.3 cm³/mol. The van der Waals surface area contributed by atoms with E-state index in [9.17, 15) is 4.79 Å². The quantitative estimate of drug-likeness (QED) is 0.646. The molecule has 0 aromatic heterocycles. The molecule has 11 heavy (non-hydrogen) atoms. The molecule has 1 unspecified atom stereocenters. The number of nitrogens with one attached hydrogen (secondary N) is 1. The van der Waals surface area contributed by atoms with Crippen molar-refractivity contribution in [2.75, 3.05) is 6.54 Å². The summed E-state index contributed by atoms with van der Waals surface area (Å²) in [6.45, 7) is 5.27. The first-order valence-corrected chi connectivity index (χ1v) is 4.43. The molecule has 64 valence electrons. The van der Waals surface area contributed by atoms with Crippen LogP contribution in [0.15, 0.2) is 0 Å². The van der Waals surface area contributed by atoms with Gasteiger partial charge in [-0.2, -0.15) is 0 Å². The Bertz CT molecular complexity index is 152. The number of rotatable bonds is 2. The summed E-state index contributed by atoms with van der Waals surface area (Å²) in [6.07, 6.45) is 4.23. The molecule has 1 amide bonds. The summed E-state index contributed by atoms with van der Waals surface area (Å²) in [4.78, 5) is 11.0. The monoisotopic (exact) mass is 155 g/mol. The highest BCUT2D eigenvalue weighted by Gasteiger charge is 2.29. The molecule has 1 aliphatic heterocycles. The molecule has 2 heteroatoms. The van der Waals surface area contributed by atoms with Gasteiger partial charge in [-0.3, -0.25) is 4.79 Å². The Morgan fingerprint density at radius 2 is 2.36 bits per heavy atom. The second-order valence-corrected chi connectivity index (χ2v) is 3.84. The zero-order chi connectivity index (χ0) is 8.32. The molecule has 1 aliphatic rings. The van der Waals surface area contributed by atoms with E-state index in [1.807, 2.05) is 0 Å². The summed E-state index contributed by atoms with van der Waals surface area (Å²) in [7, 11) is 0. The lowest BCUT2D eigenvalue weighted by Crippen LogP contribution is -2.39. The molecular weight excluding hydrogens is 138 g/mol. The average molecular weight is 155 g/mol. The molecule has 1 heterocycles. The van der Waals surface area contributed by atoms with Gasteiger partial charge in [0.05, 0.1) is 0 Å². The molecule has 0 bridgehead atoms. The molecule has 0 aromatic carbocycles. The third-order valence-corrected chi connectivity index (χ3v) is 2.49. The molecule has 0 aliphatic carbocycles. The van der Waals surface area contributed by atoms with E-state index in [2.05, 4.69) is 19.2 Å². The molecule has 1 atom stereocenters. The first-order valence-electron chi connectivity index (χ1n) is 4.43. The lowest BCUT2D eigenvalue weighted by Gasteiger charge is -2.32. The molecule has 1 fully saturated rings. The highest BCUT2D eigenvalue weighted by atomic mass is 16.1. The van der Waals surface area contributed by atoms with Gasteiger partial charge in [-0.15, -0.1) is 0 Å². The van der Waals surface area contributed by atoms with Gasteiger partial charge in [-0.25, -0.2) is 0 Å². The van der Waals surface area contributed by atoms with Gasteiger partial charge in [0.25, 0.3) is 0 Å². The number of carbonyl (C=O) groups excluding carboxylic acids is 1. The molecule has 0 saturated carbocycles. The van der Waals surface area contributed by atoms with Crippen molar-refractivity contribution >= 4 is 5.91 Å². The van der Waals surface area contributed by atoms with Gasteiger partial charge in [0, 0.05) is 13.0 Å². The Morgan fingerprint density at radius 3 is 2.91 bits per heavy atom. The van der Waals surface area contributed by atoms with Gasteiger partial charge in [-0.05, 0) is 18.3 Å². The minimum atomic E-state index is 0.229. The van der Waals surface area contributed by atoms with Crippen LogP contribution in [0.25, 0.3) is 0 Å². The zero-order valence-electron chi connectivity index (χ0n) is 7.44. The van der Waals surface area contributed by atoms with Gasteiger partial charge >= 0.3 is 0 Å². The molecular formula is C9H17NO. The van der Waals surface area contributed by atoms with Gasteiger partial charge in [0.1, 0.15) is 0 Å². The maximum Gasteiger partial charge on any atom is 0.220 e. The van der Waals surface area contributed by atoms with Crippen LogP contribution in [0.1, 0.15) is 39.5 Å². The third kappa shape index (κ3) is 2.21. The summed E-state index contributed by atoms with van der Waals surface area (Å²) in [5.74, 6) is 0.229. The number of hydrogen-bond donors (Lipinski definition) is 1. The van der Waals surface area contributed by atoms with Crippen molar-refractivity contribution in [1.82, 2.24) is 5.32 Å². The molecule has 0 radical (unpaired) electrons. The van der Waals surface area contributed by atoms with Crippen LogP contribution in [-0.4, -0.2) is 12.5 Å². The van der Waals surface area contributed by atoms with E-state index in [1.54, 1.807) is 0 Å². The van der Waals surface area contributed by atoms with E-state index >= 15 is 0 Å². The van der Waals surface area contributed by atoms with Crippen molar-refractivity contribution in [1.29, 1.82) is 0 Å². The average Bonchev–Trinajstić information content (AvgIpc) is 1.86. The van der Waals surface area contributed by atoms with Gasteiger partial charge in [0.2, 0.25) is 5.91 Å². The van der Waals surface area contributed by atoms with Crippen LogP contribution < -0.4 is 5.32 Å². The topological polar surface area (TPSA) is 29.1 Å². The summed E-state index contributed by atoms with van der Waals surface area (Å²) in [6, 6.07) is 0. The van der Waals surface area contributed by atoms with E-state index in [-0.39, 0.29) is 11.3 Å². The fourth-order valence-corrected chi connectivity index (χ4v) is 1.86.